The maximum atomic E-state index is 9.29. The van der Waals surface area contributed by atoms with Crippen LogP contribution in [0, 0.1) is 11.3 Å². The minimum absolute atomic E-state index is 0.177. The topological polar surface area (TPSA) is 45.9 Å². The van der Waals surface area contributed by atoms with Crippen molar-refractivity contribution < 1.29 is 4.74 Å². The van der Waals surface area contributed by atoms with Gasteiger partial charge in [-0.3, -0.25) is 4.98 Å². The van der Waals surface area contributed by atoms with Gasteiger partial charge in [-0.2, -0.15) is 5.26 Å². The summed E-state index contributed by atoms with van der Waals surface area (Å²) in [5, 5.41) is 9.29. The lowest BCUT2D eigenvalue weighted by molar-refractivity contribution is 0.414. The predicted octanol–water partition coefficient (Wildman–Crippen LogP) is 2.94. The van der Waals surface area contributed by atoms with Gasteiger partial charge in [-0.15, -0.1) is 0 Å². The molecule has 0 saturated carbocycles. The van der Waals surface area contributed by atoms with Crippen LogP contribution < -0.4 is 4.74 Å². The van der Waals surface area contributed by atoms with Crippen LogP contribution in [-0.4, -0.2) is 12.1 Å². The summed E-state index contributed by atoms with van der Waals surface area (Å²) < 4.78 is 5.18. The molecule has 1 heterocycles. The van der Waals surface area contributed by atoms with Crippen molar-refractivity contribution in [3.8, 4) is 11.8 Å². The lowest BCUT2D eigenvalue weighted by Gasteiger charge is -2.10. The Bertz CT molecular complexity index is 546. The number of nitriles is 1. The zero-order valence-electron chi connectivity index (χ0n) is 10.2. The van der Waals surface area contributed by atoms with E-state index in [9.17, 15) is 5.26 Å². The fourth-order valence-electron chi connectivity index (χ4n) is 1.85. The smallest absolute Gasteiger partial charge is 0.119 e. The summed E-state index contributed by atoms with van der Waals surface area (Å²) in [6.07, 6.45) is 4.19. The number of pyridine rings is 1. The Labute approximate surface area is 107 Å². The van der Waals surface area contributed by atoms with E-state index >= 15 is 0 Å². The first kappa shape index (κ1) is 12.1. The first-order chi connectivity index (χ1) is 8.83. The summed E-state index contributed by atoms with van der Waals surface area (Å²) in [5.74, 6) is 0.600. The summed E-state index contributed by atoms with van der Waals surface area (Å²) in [5.41, 5.74) is 2.03. The van der Waals surface area contributed by atoms with Crippen LogP contribution in [0.2, 0.25) is 0 Å². The van der Waals surface area contributed by atoms with Crippen LogP contribution in [0.3, 0.4) is 0 Å². The van der Waals surface area contributed by atoms with Crippen LogP contribution in [0.4, 0.5) is 0 Å². The quantitative estimate of drug-likeness (QED) is 0.822. The minimum Gasteiger partial charge on any atom is -0.497 e. The molecule has 3 heteroatoms. The molecular weight excluding hydrogens is 224 g/mol. The van der Waals surface area contributed by atoms with Crippen molar-refractivity contribution in [2.24, 2.45) is 0 Å². The van der Waals surface area contributed by atoms with Crippen LogP contribution in [0.15, 0.2) is 48.8 Å². The van der Waals surface area contributed by atoms with Gasteiger partial charge in [0, 0.05) is 12.4 Å². The maximum Gasteiger partial charge on any atom is 0.119 e. The zero-order chi connectivity index (χ0) is 12.8. The number of rotatable bonds is 4. The molecule has 0 amide bonds. The molecule has 1 aromatic carbocycles. The average molecular weight is 238 g/mol. The molecule has 0 aliphatic heterocycles. The highest BCUT2D eigenvalue weighted by Gasteiger charge is 2.12. The third kappa shape index (κ3) is 2.86. The number of hydrogen-bond donors (Lipinski definition) is 0. The van der Waals surface area contributed by atoms with E-state index in [4.69, 9.17) is 4.74 Å². The van der Waals surface area contributed by atoms with Crippen molar-refractivity contribution in [2.75, 3.05) is 7.11 Å². The highest BCUT2D eigenvalue weighted by Crippen LogP contribution is 2.23. The molecule has 0 N–H and O–H groups in total. The van der Waals surface area contributed by atoms with Crippen molar-refractivity contribution in [1.29, 1.82) is 5.26 Å². The van der Waals surface area contributed by atoms with Crippen LogP contribution in [0.1, 0.15) is 17.0 Å². The molecular formula is C15H14N2O. The molecule has 0 fully saturated rings. The maximum absolute atomic E-state index is 9.29. The number of ether oxygens (including phenoxy) is 1. The van der Waals surface area contributed by atoms with Gasteiger partial charge < -0.3 is 4.74 Å². The molecule has 1 atom stereocenters. The predicted molar refractivity (Wildman–Crippen MR) is 69.3 cm³/mol. The third-order valence-corrected chi connectivity index (χ3v) is 2.81. The van der Waals surface area contributed by atoms with Crippen LogP contribution in [0.25, 0.3) is 0 Å². The Hall–Kier alpha value is -2.34. The lowest BCUT2D eigenvalue weighted by Crippen LogP contribution is -2.01. The molecule has 0 radical (unpaired) electrons. The zero-order valence-corrected chi connectivity index (χ0v) is 10.2. The van der Waals surface area contributed by atoms with Crippen molar-refractivity contribution in [3.05, 3.63) is 59.9 Å². The van der Waals surface area contributed by atoms with E-state index in [1.165, 1.54) is 0 Å². The normalized spacial score (nSPS) is 11.6. The fourth-order valence-corrected chi connectivity index (χ4v) is 1.85. The van der Waals surface area contributed by atoms with Crippen LogP contribution in [0.5, 0.6) is 5.75 Å². The first-order valence-corrected chi connectivity index (χ1v) is 5.76. The summed E-state index contributed by atoms with van der Waals surface area (Å²) in [7, 11) is 1.63. The van der Waals surface area contributed by atoms with Gasteiger partial charge in [-0.1, -0.05) is 18.2 Å². The van der Waals surface area contributed by atoms with Crippen LogP contribution in [-0.2, 0) is 6.42 Å². The molecule has 0 spiro atoms. The number of nitrogens with zero attached hydrogens (tertiary/aromatic N) is 2. The SMILES string of the molecule is COc1cccc(C(C#N)Cc2cccnc2)c1. The lowest BCUT2D eigenvalue weighted by atomic mass is 9.94. The number of benzene rings is 1. The van der Waals surface area contributed by atoms with Gasteiger partial charge in [0.25, 0.3) is 0 Å². The van der Waals surface area contributed by atoms with E-state index in [1.807, 2.05) is 36.4 Å². The number of methoxy groups -OCH3 is 1. The molecule has 1 aromatic heterocycles. The number of aromatic nitrogens is 1. The Morgan fingerprint density at radius 2 is 2.22 bits per heavy atom. The highest BCUT2D eigenvalue weighted by atomic mass is 16.5. The van der Waals surface area contributed by atoms with E-state index in [-0.39, 0.29) is 5.92 Å². The Kier molecular flexibility index (Phi) is 3.93. The molecule has 1 unspecified atom stereocenters. The molecule has 2 rings (SSSR count). The van der Waals surface area contributed by atoms with E-state index in [0.29, 0.717) is 6.42 Å². The van der Waals surface area contributed by atoms with Crippen molar-refractivity contribution in [2.45, 2.75) is 12.3 Å². The summed E-state index contributed by atoms with van der Waals surface area (Å²) in [6.45, 7) is 0. The van der Waals surface area contributed by atoms with Gasteiger partial charge in [0.15, 0.2) is 0 Å². The third-order valence-electron chi connectivity index (χ3n) is 2.81. The second-order valence-electron chi connectivity index (χ2n) is 4.02. The van der Waals surface area contributed by atoms with E-state index in [2.05, 4.69) is 11.1 Å². The molecule has 0 aliphatic rings. The molecule has 0 saturated heterocycles. The van der Waals surface area contributed by atoms with E-state index in [0.717, 1.165) is 16.9 Å². The average Bonchev–Trinajstić information content (AvgIpc) is 2.46. The monoisotopic (exact) mass is 238 g/mol. The van der Waals surface area contributed by atoms with Crippen LogP contribution >= 0.6 is 0 Å². The summed E-state index contributed by atoms with van der Waals surface area (Å²) >= 11 is 0. The minimum atomic E-state index is -0.177. The Balaban J connectivity index is 2.21. The highest BCUT2D eigenvalue weighted by molar-refractivity contribution is 5.34. The van der Waals surface area contributed by atoms with Gasteiger partial charge in [0.05, 0.1) is 19.1 Å². The number of hydrogen-bond acceptors (Lipinski definition) is 3. The fraction of sp³-hybridized carbons (Fsp3) is 0.200. The second-order valence-corrected chi connectivity index (χ2v) is 4.02. The van der Waals surface area contributed by atoms with E-state index in [1.54, 1.807) is 19.5 Å². The van der Waals surface area contributed by atoms with Gasteiger partial charge in [-0.25, -0.2) is 0 Å². The molecule has 18 heavy (non-hydrogen) atoms. The molecule has 2 aromatic rings. The molecule has 90 valence electrons. The molecule has 3 nitrogen and oxygen atoms in total. The standard InChI is InChI=1S/C15H14N2O/c1-18-15-6-2-5-13(9-15)14(10-16)8-12-4-3-7-17-11-12/h2-7,9,11,14H,8H2,1H3. The molecule has 0 aliphatic carbocycles. The van der Waals surface area contributed by atoms with Crippen molar-refractivity contribution in [1.82, 2.24) is 4.98 Å². The largest absolute Gasteiger partial charge is 0.497 e. The van der Waals surface area contributed by atoms with E-state index < -0.39 is 0 Å². The Morgan fingerprint density at radius 1 is 1.33 bits per heavy atom. The summed E-state index contributed by atoms with van der Waals surface area (Å²) in [6, 6.07) is 13.8. The first-order valence-electron chi connectivity index (χ1n) is 5.76. The molecule has 0 bridgehead atoms. The van der Waals surface area contributed by atoms with Gasteiger partial charge in [-0.05, 0) is 35.7 Å². The Morgan fingerprint density at radius 3 is 2.89 bits per heavy atom. The van der Waals surface area contributed by atoms with Gasteiger partial charge in [0.1, 0.15) is 5.75 Å². The van der Waals surface area contributed by atoms with Crippen molar-refractivity contribution in [3.63, 3.8) is 0 Å². The summed E-state index contributed by atoms with van der Waals surface area (Å²) in [4.78, 5) is 4.07. The van der Waals surface area contributed by atoms with Gasteiger partial charge >= 0.3 is 0 Å². The second kappa shape index (κ2) is 5.83. The van der Waals surface area contributed by atoms with Gasteiger partial charge in [0.2, 0.25) is 0 Å². The van der Waals surface area contributed by atoms with Crippen molar-refractivity contribution >= 4 is 0 Å².